The van der Waals surface area contributed by atoms with Crippen LogP contribution in [0.15, 0.2) is 70.5 Å². The van der Waals surface area contributed by atoms with Gasteiger partial charge in [-0.1, -0.05) is 46.7 Å². The molecular formula is C20H23F5O4S2. The molecule has 174 valence electrons. The number of hydrogen-bond acceptors (Lipinski definition) is 4. The molecule has 0 N–H and O–H groups in total. The first-order chi connectivity index (χ1) is 14.1. The van der Waals surface area contributed by atoms with E-state index < -0.39 is 49.8 Å². The molecule has 11 heteroatoms. The molecule has 31 heavy (non-hydrogen) atoms. The van der Waals surface area contributed by atoms with Crippen molar-refractivity contribution < 1.29 is 38.7 Å². The van der Waals surface area contributed by atoms with E-state index in [0.29, 0.717) is 9.79 Å². The summed E-state index contributed by atoms with van der Waals surface area (Å²) in [4.78, 5) is 1.27. The van der Waals surface area contributed by atoms with Crippen LogP contribution in [-0.4, -0.2) is 37.8 Å². The Bertz CT molecular complexity index is 917. The fraction of sp³-hybridized carbons (Fsp3) is 0.400. The Morgan fingerprint density at radius 3 is 1.45 bits per heavy atom. The maximum Gasteiger partial charge on any atom is 0.523 e. The summed E-state index contributed by atoms with van der Waals surface area (Å²) in [5.74, 6) is -3.99. The standard InChI is InChI=1S/C20H23F5O4S2/c1-18(2,3)30(16-10-6-4-7-11-16,17-12-8-5-9-13-17)28-14-19(21,22)15-29-31(26,27)20(23,24)25/h4-13H,14-15H2,1-3H3. The van der Waals surface area contributed by atoms with Gasteiger partial charge in [0.25, 0.3) is 5.92 Å². The van der Waals surface area contributed by atoms with E-state index in [2.05, 4.69) is 4.18 Å². The van der Waals surface area contributed by atoms with Crippen LogP contribution in [-0.2, 0) is 18.5 Å². The molecule has 0 amide bonds. The molecule has 2 aromatic rings. The van der Waals surface area contributed by atoms with Crippen LogP contribution in [0.3, 0.4) is 0 Å². The zero-order valence-electron chi connectivity index (χ0n) is 17.0. The number of benzene rings is 2. The summed E-state index contributed by atoms with van der Waals surface area (Å²) in [5, 5.41) is 0. The topological polar surface area (TPSA) is 52.6 Å². The van der Waals surface area contributed by atoms with Crippen molar-refractivity contribution in [3.05, 3.63) is 60.7 Å². The molecule has 0 aromatic heterocycles. The van der Waals surface area contributed by atoms with Crippen LogP contribution < -0.4 is 0 Å². The van der Waals surface area contributed by atoms with Crippen LogP contribution in [0.4, 0.5) is 22.0 Å². The van der Waals surface area contributed by atoms with Crippen molar-refractivity contribution in [2.45, 2.75) is 46.7 Å². The normalized spacial score (nSPS) is 14.5. The highest BCUT2D eigenvalue weighted by Gasteiger charge is 2.50. The van der Waals surface area contributed by atoms with Gasteiger partial charge in [0, 0.05) is 14.5 Å². The highest BCUT2D eigenvalue weighted by Crippen LogP contribution is 2.71. The summed E-state index contributed by atoms with van der Waals surface area (Å²) in [6.45, 7) is 2.11. The molecule has 0 aliphatic heterocycles. The summed E-state index contributed by atoms with van der Waals surface area (Å²) in [6.07, 6.45) is 0. The van der Waals surface area contributed by atoms with Crippen molar-refractivity contribution in [3.63, 3.8) is 0 Å². The van der Waals surface area contributed by atoms with E-state index in [0.717, 1.165) is 0 Å². The third-order valence-corrected chi connectivity index (χ3v) is 9.23. The van der Waals surface area contributed by atoms with Gasteiger partial charge < -0.3 is 4.18 Å². The summed E-state index contributed by atoms with van der Waals surface area (Å²) in [5.41, 5.74) is -5.79. The van der Waals surface area contributed by atoms with E-state index in [9.17, 15) is 30.4 Å². The minimum absolute atomic E-state index is 0.633. The van der Waals surface area contributed by atoms with Gasteiger partial charge >= 0.3 is 15.6 Å². The highest BCUT2D eigenvalue weighted by molar-refractivity contribution is 8.31. The van der Waals surface area contributed by atoms with Gasteiger partial charge in [0.2, 0.25) is 0 Å². The molecule has 0 spiro atoms. The second kappa shape index (κ2) is 9.05. The van der Waals surface area contributed by atoms with E-state index in [4.69, 9.17) is 4.18 Å². The second-order valence-electron chi connectivity index (χ2n) is 7.57. The lowest BCUT2D eigenvalue weighted by Crippen LogP contribution is -2.37. The van der Waals surface area contributed by atoms with Crippen molar-refractivity contribution in [1.82, 2.24) is 0 Å². The molecule has 0 saturated carbocycles. The molecule has 0 radical (unpaired) electrons. The maximum atomic E-state index is 14.4. The first kappa shape index (κ1) is 25.6. The van der Waals surface area contributed by atoms with E-state index in [-0.39, 0.29) is 0 Å². The monoisotopic (exact) mass is 486 g/mol. The van der Waals surface area contributed by atoms with Crippen LogP contribution in [0.2, 0.25) is 0 Å². The van der Waals surface area contributed by atoms with Crippen molar-refractivity contribution in [2.24, 2.45) is 0 Å². The van der Waals surface area contributed by atoms with Crippen molar-refractivity contribution in [3.8, 4) is 0 Å². The molecule has 0 bridgehead atoms. The Morgan fingerprint density at radius 1 is 0.710 bits per heavy atom. The van der Waals surface area contributed by atoms with Gasteiger partial charge in [-0.3, -0.25) is 4.18 Å². The van der Waals surface area contributed by atoms with Crippen molar-refractivity contribution in [1.29, 1.82) is 0 Å². The lowest BCUT2D eigenvalue weighted by molar-refractivity contribution is -0.0857. The fourth-order valence-corrected chi connectivity index (χ4v) is 7.03. The summed E-state index contributed by atoms with van der Waals surface area (Å²) in [7, 11) is -8.74. The number of alkyl halides is 5. The number of hydrogen-bond donors (Lipinski definition) is 0. The van der Waals surface area contributed by atoms with Gasteiger partial charge in [-0.2, -0.15) is 21.6 Å². The SMILES string of the molecule is CC(C)(C)S(OCC(F)(F)COS(=O)(=O)C(F)(F)F)(c1ccccc1)c1ccccc1. The molecule has 0 aliphatic rings. The van der Waals surface area contributed by atoms with Gasteiger partial charge in [-0.15, -0.1) is 0 Å². The Morgan fingerprint density at radius 2 is 1.10 bits per heavy atom. The molecule has 2 aromatic carbocycles. The molecule has 0 fully saturated rings. The zero-order valence-corrected chi connectivity index (χ0v) is 18.7. The molecule has 0 unspecified atom stereocenters. The molecule has 0 heterocycles. The molecule has 0 saturated heterocycles. The number of rotatable bonds is 8. The van der Waals surface area contributed by atoms with Crippen molar-refractivity contribution in [2.75, 3.05) is 13.2 Å². The smallest absolute Gasteiger partial charge is 0.321 e. The van der Waals surface area contributed by atoms with Gasteiger partial charge in [0.05, 0.1) is 0 Å². The fourth-order valence-electron chi connectivity index (χ4n) is 2.83. The Balaban J connectivity index is 2.41. The van der Waals surface area contributed by atoms with Crippen LogP contribution in [0.1, 0.15) is 20.8 Å². The minimum atomic E-state index is -6.15. The van der Waals surface area contributed by atoms with E-state index in [1.54, 1.807) is 60.7 Å². The van der Waals surface area contributed by atoms with E-state index in [1.807, 2.05) is 20.8 Å². The quantitative estimate of drug-likeness (QED) is 0.256. The van der Waals surface area contributed by atoms with Crippen LogP contribution in [0, 0.1) is 0 Å². The van der Waals surface area contributed by atoms with Gasteiger partial charge in [0.15, 0.2) is 0 Å². The van der Waals surface area contributed by atoms with Crippen molar-refractivity contribution >= 4 is 20.4 Å². The lowest BCUT2D eigenvalue weighted by Gasteiger charge is -2.50. The molecular weight excluding hydrogens is 463 g/mol. The lowest BCUT2D eigenvalue weighted by atomic mass is 10.3. The second-order valence-corrected chi connectivity index (χ2v) is 12.7. The van der Waals surface area contributed by atoms with Gasteiger partial charge in [-0.05, 0) is 45.0 Å². The predicted octanol–water partition coefficient (Wildman–Crippen LogP) is 6.14. The zero-order chi connectivity index (χ0) is 23.6. The van der Waals surface area contributed by atoms with E-state index in [1.165, 1.54) is 0 Å². The average molecular weight is 487 g/mol. The minimum Gasteiger partial charge on any atom is -0.321 e. The Labute approximate surface area is 180 Å². The summed E-state index contributed by atoms with van der Waals surface area (Å²) < 4.78 is 96.7. The van der Waals surface area contributed by atoms with Gasteiger partial charge in [-0.25, -0.2) is 8.78 Å². The maximum absolute atomic E-state index is 14.4. The molecule has 4 nitrogen and oxygen atoms in total. The largest absolute Gasteiger partial charge is 0.523 e. The average Bonchev–Trinajstić information content (AvgIpc) is 2.67. The molecule has 0 atom stereocenters. The summed E-state index contributed by atoms with van der Waals surface area (Å²) >= 11 is 0. The van der Waals surface area contributed by atoms with Crippen LogP contribution in [0.25, 0.3) is 0 Å². The van der Waals surface area contributed by atoms with E-state index >= 15 is 0 Å². The molecule has 0 aliphatic carbocycles. The third-order valence-electron chi connectivity index (χ3n) is 4.17. The first-order valence-electron chi connectivity index (χ1n) is 9.03. The van der Waals surface area contributed by atoms with Crippen LogP contribution >= 0.6 is 10.3 Å². The predicted molar refractivity (Wildman–Crippen MR) is 109 cm³/mol. The third kappa shape index (κ3) is 5.76. The Hall–Kier alpha value is -1.69. The first-order valence-corrected chi connectivity index (χ1v) is 12.0. The van der Waals surface area contributed by atoms with Crippen LogP contribution in [0.5, 0.6) is 0 Å². The molecule has 2 rings (SSSR count). The summed E-state index contributed by atoms with van der Waals surface area (Å²) in [6, 6.07) is 17.4. The highest BCUT2D eigenvalue weighted by atomic mass is 32.3. The number of halogens is 5. The van der Waals surface area contributed by atoms with Gasteiger partial charge in [0.1, 0.15) is 13.2 Å². The Kier molecular flexibility index (Phi) is 7.46.